The molecule has 2 aliphatic rings. The summed E-state index contributed by atoms with van der Waals surface area (Å²) in [6.07, 6.45) is 1.83. The lowest BCUT2D eigenvalue weighted by molar-refractivity contribution is -0.128. The predicted octanol–water partition coefficient (Wildman–Crippen LogP) is 5.18. The number of hydrogen-bond donors (Lipinski definition) is 0. The van der Waals surface area contributed by atoms with Gasteiger partial charge in [0.15, 0.2) is 0 Å². The standard InChI is InChI=1S/C20H20Cl2N2O2S2/c21-15-4-3-14(10-16(15)22)20-24(18(25)12-28-20)11-13-5-7-23(8-6-13)19(26)17-2-1-9-27-17/h1-4,9-10,13,20H,5-8,11-12H2. The number of benzene rings is 1. The van der Waals surface area contributed by atoms with Crippen molar-refractivity contribution in [3.05, 3.63) is 56.2 Å². The van der Waals surface area contributed by atoms with Gasteiger partial charge in [-0.15, -0.1) is 23.1 Å². The van der Waals surface area contributed by atoms with Crippen molar-refractivity contribution in [3.8, 4) is 0 Å². The molecule has 4 nitrogen and oxygen atoms in total. The maximum atomic E-state index is 12.5. The van der Waals surface area contributed by atoms with Gasteiger partial charge in [0.2, 0.25) is 5.91 Å². The Bertz CT molecular complexity index is 867. The van der Waals surface area contributed by atoms with E-state index in [1.807, 2.05) is 39.4 Å². The van der Waals surface area contributed by atoms with E-state index in [1.165, 1.54) is 11.3 Å². The van der Waals surface area contributed by atoms with E-state index in [9.17, 15) is 9.59 Å². The van der Waals surface area contributed by atoms with Gasteiger partial charge < -0.3 is 9.80 Å². The molecule has 1 aromatic carbocycles. The second-order valence-corrected chi connectivity index (χ2v) is 9.93. The van der Waals surface area contributed by atoms with Crippen LogP contribution < -0.4 is 0 Å². The third-order valence-corrected chi connectivity index (χ3v) is 8.14. The van der Waals surface area contributed by atoms with E-state index in [4.69, 9.17) is 23.2 Å². The van der Waals surface area contributed by atoms with Crippen LogP contribution in [0.4, 0.5) is 0 Å². The van der Waals surface area contributed by atoms with E-state index in [-0.39, 0.29) is 17.2 Å². The number of amides is 2. The number of thioether (sulfide) groups is 1. The van der Waals surface area contributed by atoms with Gasteiger partial charge >= 0.3 is 0 Å². The highest BCUT2D eigenvalue weighted by Crippen LogP contribution is 2.41. The van der Waals surface area contributed by atoms with Gasteiger partial charge in [-0.1, -0.05) is 35.3 Å². The Labute approximate surface area is 182 Å². The van der Waals surface area contributed by atoms with Gasteiger partial charge in [0.1, 0.15) is 5.37 Å². The van der Waals surface area contributed by atoms with Crippen molar-refractivity contribution >= 4 is 58.1 Å². The maximum absolute atomic E-state index is 12.5. The van der Waals surface area contributed by atoms with E-state index in [0.29, 0.717) is 21.7 Å². The van der Waals surface area contributed by atoms with Crippen LogP contribution in [-0.4, -0.2) is 47.0 Å². The molecule has 1 aromatic heterocycles. The summed E-state index contributed by atoms with van der Waals surface area (Å²) < 4.78 is 0. The molecule has 28 heavy (non-hydrogen) atoms. The van der Waals surface area contributed by atoms with Crippen LogP contribution in [0.5, 0.6) is 0 Å². The lowest BCUT2D eigenvalue weighted by Crippen LogP contribution is -2.42. The molecule has 2 aliphatic heterocycles. The first-order chi connectivity index (χ1) is 13.5. The molecule has 0 saturated carbocycles. The normalized spacial score (nSPS) is 20.8. The lowest BCUT2D eigenvalue weighted by atomic mass is 9.95. The molecule has 0 aliphatic carbocycles. The fourth-order valence-corrected chi connectivity index (χ4v) is 5.93. The summed E-state index contributed by atoms with van der Waals surface area (Å²) in [5, 5.41) is 2.95. The number of thiophene rings is 1. The molecule has 0 N–H and O–H groups in total. The van der Waals surface area contributed by atoms with Crippen LogP contribution in [0.15, 0.2) is 35.7 Å². The Hall–Kier alpha value is -1.21. The number of halogens is 2. The van der Waals surface area contributed by atoms with Gasteiger partial charge in [-0.05, 0) is 47.9 Å². The first-order valence-corrected chi connectivity index (χ1v) is 11.9. The smallest absolute Gasteiger partial charge is 0.263 e. The Balaban J connectivity index is 1.38. The SMILES string of the molecule is O=C(c1cccs1)N1CCC(CN2C(=O)CSC2c2ccc(Cl)c(Cl)c2)CC1. The highest BCUT2D eigenvalue weighted by molar-refractivity contribution is 8.00. The third-order valence-electron chi connectivity index (χ3n) is 5.29. The molecule has 0 spiro atoms. The first-order valence-electron chi connectivity index (χ1n) is 9.21. The summed E-state index contributed by atoms with van der Waals surface area (Å²) in [4.78, 5) is 29.7. The van der Waals surface area contributed by atoms with E-state index in [0.717, 1.165) is 42.9 Å². The van der Waals surface area contributed by atoms with E-state index < -0.39 is 0 Å². The third kappa shape index (κ3) is 4.20. The largest absolute Gasteiger partial charge is 0.338 e. The Morgan fingerprint density at radius 3 is 2.61 bits per heavy atom. The fourth-order valence-electron chi connectivity index (χ4n) is 3.75. The van der Waals surface area contributed by atoms with Gasteiger partial charge in [0.25, 0.3) is 5.91 Å². The number of rotatable bonds is 4. The number of nitrogens with zero attached hydrogens (tertiary/aromatic N) is 2. The van der Waals surface area contributed by atoms with Crippen molar-refractivity contribution in [2.45, 2.75) is 18.2 Å². The van der Waals surface area contributed by atoms with Crippen molar-refractivity contribution < 1.29 is 9.59 Å². The lowest BCUT2D eigenvalue weighted by Gasteiger charge is -2.35. The quantitative estimate of drug-likeness (QED) is 0.638. The monoisotopic (exact) mass is 454 g/mol. The van der Waals surface area contributed by atoms with Crippen molar-refractivity contribution in [2.75, 3.05) is 25.4 Å². The van der Waals surface area contributed by atoms with Crippen LogP contribution >= 0.6 is 46.3 Å². The molecule has 0 bridgehead atoms. The second-order valence-electron chi connectivity index (χ2n) is 7.10. The van der Waals surface area contributed by atoms with Crippen LogP contribution in [0.25, 0.3) is 0 Å². The summed E-state index contributed by atoms with van der Waals surface area (Å²) in [6, 6.07) is 9.37. The van der Waals surface area contributed by atoms with Crippen molar-refractivity contribution in [1.29, 1.82) is 0 Å². The first kappa shape index (κ1) is 20.1. The molecule has 0 radical (unpaired) electrons. The number of carbonyl (C=O) groups is 2. The highest BCUT2D eigenvalue weighted by atomic mass is 35.5. The summed E-state index contributed by atoms with van der Waals surface area (Å²) in [7, 11) is 0. The Morgan fingerprint density at radius 2 is 1.93 bits per heavy atom. The van der Waals surface area contributed by atoms with Gasteiger partial charge in [0.05, 0.1) is 20.7 Å². The number of likely N-dealkylation sites (tertiary alicyclic amines) is 1. The van der Waals surface area contributed by atoms with E-state index >= 15 is 0 Å². The van der Waals surface area contributed by atoms with Crippen molar-refractivity contribution in [2.24, 2.45) is 5.92 Å². The van der Waals surface area contributed by atoms with E-state index in [1.54, 1.807) is 17.8 Å². The zero-order valence-electron chi connectivity index (χ0n) is 15.1. The number of piperidine rings is 1. The fraction of sp³-hybridized carbons (Fsp3) is 0.400. The molecule has 2 aromatic rings. The molecule has 3 heterocycles. The minimum atomic E-state index is -0.0203. The van der Waals surface area contributed by atoms with Gasteiger partial charge in [-0.2, -0.15) is 0 Å². The highest BCUT2D eigenvalue weighted by Gasteiger charge is 2.35. The molecule has 2 fully saturated rings. The minimum Gasteiger partial charge on any atom is -0.338 e. The molecule has 1 unspecified atom stereocenters. The molecular formula is C20H20Cl2N2O2S2. The minimum absolute atomic E-state index is 0.0203. The van der Waals surface area contributed by atoms with Crippen LogP contribution in [0.2, 0.25) is 10.0 Å². The Kier molecular flexibility index (Phi) is 6.21. The van der Waals surface area contributed by atoms with Gasteiger partial charge in [0, 0.05) is 19.6 Å². The van der Waals surface area contributed by atoms with Crippen LogP contribution in [0.1, 0.15) is 33.5 Å². The second kappa shape index (κ2) is 8.66. The van der Waals surface area contributed by atoms with Crippen LogP contribution in [0.3, 0.4) is 0 Å². The number of carbonyl (C=O) groups excluding carboxylic acids is 2. The van der Waals surface area contributed by atoms with Gasteiger partial charge in [-0.25, -0.2) is 0 Å². The molecule has 8 heteroatoms. The van der Waals surface area contributed by atoms with Crippen LogP contribution in [0, 0.1) is 5.92 Å². The molecule has 1 atom stereocenters. The summed E-state index contributed by atoms with van der Waals surface area (Å²) in [5.41, 5.74) is 1.01. The topological polar surface area (TPSA) is 40.6 Å². The zero-order valence-corrected chi connectivity index (χ0v) is 18.3. The van der Waals surface area contributed by atoms with Gasteiger partial charge in [-0.3, -0.25) is 9.59 Å². The summed E-state index contributed by atoms with van der Waals surface area (Å²) >= 11 is 15.3. The van der Waals surface area contributed by atoms with Crippen molar-refractivity contribution in [3.63, 3.8) is 0 Å². The molecule has 148 valence electrons. The molecule has 2 amide bonds. The average Bonchev–Trinajstić information content (AvgIpc) is 3.35. The summed E-state index contributed by atoms with van der Waals surface area (Å²) in [5.74, 6) is 1.18. The average molecular weight is 455 g/mol. The molecular weight excluding hydrogens is 435 g/mol. The van der Waals surface area contributed by atoms with E-state index in [2.05, 4.69) is 0 Å². The molecule has 2 saturated heterocycles. The predicted molar refractivity (Wildman–Crippen MR) is 116 cm³/mol. The van der Waals surface area contributed by atoms with Crippen molar-refractivity contribution in [1.82, 2.24) is 9.80 Å². The summed E-state index contributed by atoms with van der Waals surface area (Å²) in [6.45, 7) is 2.21. The zero-order chi connectivity index (χ0) is 19.7. The number of hydrogen-bond acceptors (Lipinski definition) is 4. The molecule has 4 rings (SSSR count). The maximum Gasteiger partial charge on any atom is 0.263 e. The Morgan fingerprint density at radius 1 is 1.14 bits per heavy atom. The van der Waals surface area contributed by atoms with Crippen LogP contribution in [-0.2, 0) is 4.79 Å².